The molecule has 0 saturated carbocycles. The molecule has 3 nitrogen and oxygen atoms in total. The van der Waals surface area contributed by atoms with Gasteiger partial charge in [-0.15, -0.1) is 11.8 Å². The van der Waals surface area contributed by atoms with Crippen LogP contribution in [-0.4, -0.2) is 17.8 Å². The molecule has 17 heavy (non-hydrogen) atoms. The van der Waals surface area contributed by atoms with E-state index in [2.05, 4.69) is 15.9 Å². The molecule has 1 aromatic rings. The molecule has 0 saturated heterocycles. The van der Waals surface area contributed by atoms with Crippen molar-refractivity contribution in [2.24, 2.45) is 0 Å². The van der Waals surface area contributed by atoms with Crippen LogP contribution in [0.5, 0.6) is 0 Å². The van der Waals surface area contributed by atoms with Crippen molar-refractivity contribution < 1.29 is 9.53 Å². The van der Waals surface area contributed by atoms with Crippen LogP contribution in [0.3, 0.4) is 0 Å². The molecule has 2 N–H and O–H groups in total. The number of hydrogen-bond acceptors (Lipinski definition) is 4. The maximum Gasteiger partial charge on any atom is 0.319 e. The van der Waals surface area contributed by atoms with Crippen LogP contribution in [0.2, 0.25) is 0 Å². The molecule has 0 aliphatic carbocycles. The molecule has 0 aliphatic heterocycles. The van der Waals surface area contributed by atoms with Crippen LogP contribution in [0.15, 0.2) is 27.6 Å². The highest BCUT2D eigenvalue weighted by molar-refractivity contribution is 9.10. The Kier molecular flexibility index (Phi) is 5.85. The first-order chi connectivity index (χ1) is 8.08. The Morgan fingerprint density at radius 1 is 1.53 bits per heavy atom. The van der Waals surface area contributed by atoms with Crippen LogP contribution in [-0.2, 0) is 9.53 Å². The third kappa shape index (κ3) is 4.24. The van der Waals surface area contributed by atoms with Gasteiger partial charge in [0.2, 0.25) is 0 Å². The first-order valence-corrected chi connectivity index (χ1v) is 7.14. The number of nitrogen functional groups attached to an aromatic ring is 1. The Morgan fingerprint density at radius 3 is 2.82 bits per heavy atom. The largest absolute Gasteiger partial charge is 0.465 e. The van der Waals surface area contributed by atoms with Crippen LogP contribution >= 0.6 is 27.7 Å². The van der Waals surface area contributed by atoms with E-state index < -0.39 is 0 Å². The molecule has 0 aliphatic rings. The fraction of sp³-hybridized carbons (Fsp3) is 0.417. The molecule has 0 aromatic heterocycles. The molecule has 5 heteroatoms. The van der Waals surface area contributed by atoms with E-state index >= 15 is 0 Å². The van der Waals surface area contributed by atoms with Gasteiger partial charge in [0, 0.05) is 15.1 Å². The summed E-state index contributed by atoms with van der Waals surface area (Å²) >= 11 is 4.84. The average molecular weight is 318 g/mol. The van der Waals surface area contributed by atoms with Crippen molar-refractivity contribution in [3.63, 3.8) is 0 Å². The van der Waals surface area contributed by atoms with Crippen LogP contribution < -0.4 is 5.73 Å². The number of hydrogen-bond donors (Lipinski definition) is 1. The number of halogens is 1. The average Bonchev–Trinajstić information content (AvgIpc) is 2.30. The van der Waals surface area contributed by atoms with Gasteiger partial charge in [-0.25, -0.2) is 0 Å². The number of ether oxygens (including phenoxy) is 1. The van der Waals surface area contributed by atoms with Gasteiger partial charge in [0.25, 0.3) is 0 Å². The number of carbonyl (C=O) groups excluding carboxylic acids is 1. The maximum absolute atomic E-state index is 11.7. The van der Waals surface area contributed by atoms with Crippen molar-refractivity contribution in [1.82, 2.24) is 0 Å². The highest BCUT2D eigenvalue weighted by Gasteiger charge is 2.20. The Bertz CT molecular complexity index is 398. The molecule has 1 rings (SSSR count). The van der Waals surface area contributed by atoms with Crippen LogP contribution in [0, 0.1) is 0 Å². The lowest BCUT2D eigenvalue weighted by Gasteiger charge is -2.14. The van der Waals surface area contributed by atoms with Crippen LogP contribution in [0.1, 0.15) is 20.3 Å². The van der Waals surface area contributed by atoms with Gasteiger partial charge in [0.1, 0.15) is 5.25 Å². The van der Waals surface area contributed by atoms with E-state index in [1.165, 1.54) is 11.8 Å². The van der Waals surface area contributed by atoms with Crippen molar-refractivity contribution in [1.29, 1.82) is 0 Å². The van der Waals surface area contributed by atoms with Gasteiger partial charge in [-0.1, -0.05) is 22.9 Å². The highest BCUT2D eigenvalue weighted by Crippen LogP contribution is 2.33. The second-order valence-corrected chi connectivity index (χ2v) is 5.61. The monoisotopic (exact) mass is 317 g/mol. The Morgan fingerprint density at radius 2 is 2.24 bits per heavy atom. The van der Waals surface area contributed by atoms with Crippen molar-refractivity contribution in [2.75, 3.05) is 12.3 Å². The summed E-state index contributed by atoms with van der Waals surface area (Å²) in [7, 11) is 0. The summed E-state index contributed by atoms with van der Waals surface area (Å²) in [5.74, 6) is -0.181. The summed E-state index contributed by atoms with van der Waals surface area (Å²) in [4.78, 5) is 12.6. The zero-order valence-corrected chi connectivity index (χ0v) is 12.3. The van der Waals surface area contributed by atoms with Gasteiger partial charge in [-0.2, -0.15) is 0 Å². The molecular formula is C12H16BrNO2S. The lowest BCUT2D eigenvalue weighted by molar-refractivity contribution is -0.142. The number of rotatable bonds is 5. The standard InChI is InChI=1S/C12H16BrNO2S/c1-3-10(12(15)16-4-2)17-11-7-8(13)5-6-9(11)14/h5-7,10H,3-4,14H2,1-2H3. The lowest BCUT2D eigenvalue weighted by atomic mass is 10.3. The van der Waals surface area contributed by atoms with E-state index in [0.717, 1.165) is 15.8 Å². The molecular weight excluding hydrogens is 302 g/mol. The quantitative estimate of drug-likeness (QED) is 0.513. The lowest BCUT2D eigenvalue weighted by Crippen LogP contribution is -2.19. The minimum atomic E-state index is -0.202. The van der Waals surface area contributed by atoms with Gasteiger partial charge in [0.15, 0.2) is 0 Å². The second kappa shape index (κ2) is 6.91. The molecule has 1 aromatic carbocycles. The predicted octanol–water partition coefficient (Wildman–Crippen LogP) is 3.47. The number of esters is 1. The molecule has 0 radical (unpaired) electrons. The summed E-state index contributed by atoms with van der Waals surface area (Å²) in [6, 6.07) is 5.62. The van der Waals surface area contributed by atoms with Gasteiger partial charge in [-0.05, 0) is 31.5 Å². The topological polar surface area (TPSA) is 52.3 Å². The van der Waals surface area contributed by atoms with Crippen LogP contribution in [0.25, 0.3) is 0 Å². The van der Waals surface area contributed by atoms with E-state index in [-0.39, 0.29) is 11.2 Å². The minimum absolute atomic E-state index is 0.181. The van der Waals surface area contributed by atoms with E-state index in [1.807, 2.05) is 32.0 Å². The molecule has 0 fully saturated rings. The molecule has 94 valence electrons. The Hall–Kier alpha value is -0.680. The molecule has 0 heterocycles. The fourth-order valence-electron chi connectivity index (χ4n) is 1.30. The third-order valence-electron chi connectivity index (χ3n) is 2.17. The van der Waals surface area contributed by atoms with Crippen molar-refractivity contribution >= 4 is 39.3 Å². The number of benzene rings is 1. The SMILES string of the molecule is CCOC(=O)C(CC)Sc1cc(Br)ccc1N. The smallest absolute Gasteiger partial charge is 0.319 e. The summed E-state index contributed by atoms with van der Waals surface area (Å²) in [5.41, 5.74) is 6.55. The molecule has 0 amide bonds. The number of carbonyl (C=O) groups is 1. The summed E-state index contributed by atoms with van der Waals surface area (Å²) in [6.45, 7) is 4.18. The van der Waals surface area contributed by atoms with Gasteiger partial charge >= 0.3 is 5.97 Å². The molecule has 1 atom stereocenters. The molecule has 1 unspecified atom stereocenters. The first kappa shape index (κ1) is 14.4. The van der Waals surface area contributed by atoms with Gasteiger partial charge in [0.05, 0.1) is 6.61 Å². The first-order valence-electron chi connectivity index (χ1n) is 5.46. The zero-order valence-electron chi connectivity index (χ0n) is 9.90. The molecule has 0 bridgehead atoms. The number of thioether (sulfide) groups is 1. The normalized spacial score (nSPS) is 12.2. The van der Waals surface area contributed by atoms with Gasteiger partial charge < -0.3 is 10.5 Å². The van der Waals surface area contributed by atoms with E-state index in [9.17, 15) is 4.79 Å². The summed E-state index contributed by atoms with van der Waals surface area (Å²) in [5, 5.41) is -0.202. The third-order valence-corrected chi connectivity index (χ3v) is 4.08. The zero-order chi connectivity index (χ0) is 12.8. The number of anilines is 1. The predicted molar refractivity (Wildman–Crippen MR) is 75.1 cm³/mol. The van der Waals surface area contributed by atoms with Crippen molar-refractivity contribution in [2.45, 2.75) is 30.4 Å². The Labute approximate surface area is 114 Å². The maximum atomic E-state index is 11.7. The second-order valence-electron chi connectivity index (χ2n) is 3.45. The van der Waals surface area contributed by atoms with Crippen molar-refractivity contribution in [3.05, 3.63) is 22.7 Å². The highest BCUT2D eigenvalue weighted by atomic mass is 79.9. The Balaban J connectivity index is 2.80. The van der Waals surface area contributed by atoms with E-state index in [4.69, 9.17) is 10.5 Å². The van der Waals surface area contributed by atoms with E-state index in [1.54, 1.807) is 0 Å². The minimum Gasteiger partial charge on any atom is -0.465 e. The van der Waals surface area contributed by atoms with Crippen LogP contribution in [0.4, 0.5) is 5.69 Å². The summed E-state index contributed by atoms with van der Waals surface area (Å²) in [6.07, 6.45) is 0.718. The molecule has 0 spiro atoms. The fourth-order valence-corrected chi connectivity index (χ4v) is 2.85. The summed E-state index contributed by atoms with van der Waals surface area (Å²) < 4.78 is 5.98. The van der Waals surface area contributed by atoms with Gasteiger partial charge in [-0.3, -0.25) is 4.79 Å². The van der Waals surface area contributed by atoms with E-state index in [0.29, 0.717) is 12.3 Å². The van der Waals surface area contributed by atoms with Crippen molar-refractivity contribution in [3.8, 4) is 0 Å². The number of nitrogens with two attached hydrogens (primary N) is 1.